The molecule has 0 unspecified atom stereocenters. The molecule has 0 saturated heterocycles. The number of unbranched alkanes of at least 4 members (excludes halogenated alkanes) is 6. The van der Waals surface area contributed by atoms with Gasteiger partial charge in [-0.2, -0.15) is 0 Å². The minimum absolute atomic E-state index is 0.958. The van der Waals surface area contributed by atoms with Gasteiger partial charge in [-0.1, -0.05) is 32.1 Å². The van der Waals surface area contributed by atoms with Crippen LogP contribution in [-0.4, -0.2) is 20.1 Å². The second kappa shape index (κ2) is 11.9. The third-order valence-corrected chi connectivity index (χ3v) is 2.25. The minimum Gasteiger partial charge on any atom is -0.320 e. The lowest BCUT2D eigenvalue weighted by Gasteiger charge is -2.01. The lowest BCUT2D eigenvalue weighted by atomic mass is 10.1. The Balaban J connectivity index is 2.76. The highest BCUT2D eigenvalue weighted by Crippen LogP contribution is 2.06. The van der Waals surface area contributed by atoms with Crippen molar-refractivity contribution in [3.8, 4) is 0 Å². The van der Waals surface area contributed by atoms with Crippen LogP contribution in [0.5, 0.6) is 0 Å². The zero-order valence-electron chi connectivity index (χ0n) is 8.94. The summed E-state index contributed by atoms with van der Waals surface area (Å²) >= 11 is 0. The van der Waals surface area contributed by atoms with Gasteiger partial charge in [0, 0.05) is 6.54 Å². The van der Waals surface area contributed by atoms with Gasteiger partial charge in [-0.25, -0.2) is 0 Å². The number of hydrazine groups is 1. The van der Waals surface area contributed by atoms with Gasteiger partial charge in [0.2, 0.25) is 0 Å². The maximum absolute atomic E-state index is 5.17. The van der Waals surface area contributed by atoms with Crippen LogP contribution in [0.3, 0.4) is 0 Å². The third kappa shape index (κ3) is 11.9. The van der Waals surface area contributed by atoms with E-state index >= 15 is 0 Å². The molecule has 0 aliphatic heterocycles. The van der Waals surface area contributed by atoms with Crippen molar-refractivity contribution >= 4 is 0 Å². The molecule has 80 valence electrons. The molecule has 0 heterocycles. The van der Waals surface area contributed by atoms with Gasteiger partial charge >= 0.3 is 0 Å². The number of rotatable bonds is 10. The summed E-state index contributed by atoms with van der Waals surface area (Å²) in [4.78, 5) is 0. The molecule has 0 bridgehead atoms. The second-order valence-corrected chi connectivity index (χ2v) is 3.53. The van der Waals surface area contributed by atoms with Gasteiger partial charge in [0.05, 0.1) is 0 Å². The van der Waals surface area contributed by atoms with E-state index in [1.807, 2.05) is 7.05 Å². The Morgan fingerprint density at radius 1 is 0.769 bits per heavy atom. The van der Waals surface area contributed by atoms with Gasteiger partial charge in [-0.05, 0) is 26.4 Å². The van der Waals surface area contributed by atoms with Crippen LogP contribution in [0, 0.1) is 0 Å². The highest BCUT2D eigenvalue weighted by molar-refractivity contribution is 4.48. The zero-order valence-corrected chi connectivity index (χ0v) is 8.94. The molecule has 3 nitrogen and oxygen atoms in total. The van der Waals surface area contributed by atoms with Crippen molar-refractivity contribution in [3.05, 3.63) is 0 Å². The SMILES string of the molecule is CNCCCCCCCCCNN. The highest BCUT2D eigenvalue weighted by atomic mass is 15.2. The topological polar surface area (TPSA) is 50.1 Å². The number of hydrogen-bond donors (Lipinski definition) is 3. The lowest BCUT2D eigenvalue weighted by molar-refractivity contribution is 0.557. The summed E-state index contributed by atoms with van der Waals surface area (Å²) < 4.78 is 0. The Labute approximate surface area is 82.4 Å². The maximum atomic E-state index is 5.17. The summed E-state index contributed by atoms with van der Waals surface area (Å²) in [5.74, 6) is 5.17. The monoisotopic (exact) mass is 187 g/mol. The smallest absolute Gasteiger partial charge is 0.00974 e. The molecular formula is C10H25N3. The van der Waals surface area contributed by atoms with E-state index in [9.17, 15) is 0 Å². The van der Waals surface area contributed by atoms with Gasteiger partial charge in [0.15, 0.2) is 0 Å². The van der Waals surface area contributed by atoms with Crippen LogP contribution in [0.1, 0.15) is 44.9 Å². The fraction of sp³-hybridized carbons (Fsp3) is 1.00. The van der Waals surface area contributed by atoms with E-state index < -0.39 is 0 Å². The summed E-state index contributed by atoms with van der Waals surface area (Å²) in [6.45, 7) is 2.12. The molecule has 0 aromatic carbocycles. The Morgan fingerprint density at radius 2 is 1.23 bits per heavy atom. The fourth-order valence-electron chi connectivity index (χ4n) is 1.41. The van der Waals surface area contributed by atoms with Crippen LogP contribution in [0.25, 0.3) is 0 Å². The molecule has 0 aliphatic carbocycles. The first-order chi connectivity index (χ1) is 6.41. The quantitative estimate of drug-likeness (QED) is 0.275. The molecule has 0 atom stereocenters. The Bertz CT molecular complexity index is 76.2. The predicted molar refractivity (Wildman–Crippen MR) is 58.4 cm³/mol. The molecule has 0 aromatic heterocycles. The van der Waals surface area contributed by atoms with Crippen LogP contribution in [-0.2, 0) is 0 Å². The summed E-state index contributed by atoms with van der Waals surface area (Å²) in [6, 6.07) is 0. The Kier molecular flexibility index (Phi) is 11.8. The molecular weight excluding hydrogens is 162 g/mol. The van der Waals surface area contributed by atoms with Crippen LogP contribution in [0.2, 0.25) is 0 Å². The standard InChI is InChI=1S/C10H25N3/c1-12-9-7-5-3-2-4-6-8-10-13-11/h12-13H,2-11H2,1H3. The van der Waals surface area contributed by atoms with E-state index in [4.69, 9.17) is 5.84 Å². The summed E-state index contributed by atoms with van der Waals surface area (Å²) in [5, 5.41) is 3.16. The molecule has 0 radical (unpaired) electrons. The molecule has 4 N–H and O–H groups in total. The number of nitrogens with one attached hydrogen (secondary N) is 2. The largest absolute Gasteiger partial charge is 0.320 e. The molecule has 3 heteroatoms. The fourth-order valence-corrected chi connectivity index (χ4v) is 1.41. The number of hydrogen-bond acceptors (Lipinski definition) is 3. The lowest BCUT2D eigenvalue weighted by Crippen LogP contribution is -2.22. The predicted octanol–water partition coefficient (Wildman–Crippen LogP) is 1.40. The summed E-state index contributed by atoms with van der Waals surface area (Å²) in [5.41, 5.74) is 2.68. The van der Waals surface area contributed by atoms with E-state index in [0.717, 1.165) is 13.1 Å². The third-order valence-electron chi connectivity index (χ3n) is 2.25. The zero-order chi connectivity index (χ0) is 9.78. The van der Waals surface area contributed by atoms with E-state index in [-0.39, 0.29) is 0 Å². The molecule has 0 aromatic rings. The normalized spacial score (nSPS) is 10.6. The molecule has 0 fully saturated rings. The highest BCUT2D eigenvalue weighted by Gasteiger charge is 1.90. The van der Waals surface area contributed by atoms with Crippen molar-refractivity contribution in [1.29, 1.82) is 0 Å². The molecule has 13 heavy (non-hydrogen) atoms. The Hall–Kier alpha value is -0.120. The first-order valence-corrected chi connectivity index (χ1v) is 5.50. The van der Waals surface area contributed by atoms with Gasteiger partial charge in [0.1, 0.15) is 0 Å². The van der Waals surface area contributed by atoms with Crippen LogP contribution < -0.4 is 16.6 Å². The molecule has 0 spiro atoms. The second-order valence-electron chi connectivity index (χ2n) is 3.53. The first-order valence-electron chi connectivity index (χ1n) is 5.50. The van der Waals surface area contributed by atoms with Crippen molar-refractivity contribution in [2.75, 3.05) is 20.1 Å². The van der Waals surface area contributed by atoms with E-state index in [1.54, 1.807) is 0 Å². The van der Waals surface area contributed by atoms with Crippen molar-refractivity contribution < 1.29 is 0 Å². The minimum atomic E-state index is 0.958. The van der Waals surface area contributed by atoms with Crippen LogP contribution in [0.4, 0.5) is 0 Å². The van der Waals surface area contributed by atoms with Crippen LogP contribution in [0.15, 0.2) is 0 Å². The summed E-state index contributed by atoms with van der Waals surface area (Å²) in [6.07, 6.45) is 9.35. The van der Waals surface area contributed by atoms with Crippen molar-refractivity contribution in [2.24, 2.45) is 5.84 Å². The molecule has 0 saturated carbocycles. The van der Waals surface area contributed by atoms with E-state index in [2.05, 4.69) is 10.7 Å². The summed E-state index contributed by atoms with van der Waals surface area (Å²) in [7, 11) is 2.01. The molecule has 0 aliphatic rings. The van der Waals surface area contributed by atoms with Gasteiger partial charge in [-0.15, -0.1) is 0 Å². The Morgan fingerprint density at radius 3 is 1.69 bits per heavy atom. The first kappa shape index (κ1) is 12.9. The molecule has 0 rings (SSSR count). The number of nitrogens with two attached hydrogens (primary N) is 1. The van der Waals surface area contributed by atoms with Crippen molar-refractivity contribution in [1.82, 2.24) is 10.7 Å². The van der Waals surface area contributed by atoms with E-state index in [0.29, 0.717) is 0 Å². The van der Waals surface area contributed by atoms with E-state index in [1.165, 1.54) is 44.9 Å². The van der Waals surface area contributed by atoms with Gasteiger partial charge in [0.25, 0.3) is 0 Å². The van der Waals surface area contributed by atoms with Crippen LogP contribution >= 0.6 is 0 Å². The van der Waals surface area contributed by atoms with Gasteiger partial charge in [-0.3, -0.25) is 11.3 Å². The molecule has 0 amide bonds. The van der Waals surface area contributed by atoms with Crippen molar-refractivity contribution in [2.45, 2.75) is 44.9 Å². The van der Waals surface area contributed by atoms with Gasteiger partial charge < -0.3 is 5.32 Å². The maximum Gasteiger partial charge on any atom is 0.00974 e. The van der Waals surface area contributed by atoms with Crippen molar-refractivity contribution in [3.63, 3.8) is 0 Å². The average molecular weight is 187 g/mol. The average Bonchev–Trinajstić information content (AvgIpc) is 2.16.